The molecule has 2 rings (SSSR count). The van der Waals surface area contributed by atoms with Gasteiger partial charge in [-0.15, -0.1) is 0 Å². The molecular weight excluding hydrogens is 272 g/mol. The Hall–Kier alpha value is -1.07. The number of nitrogens with one attached hydrogen (secondary N) is 1. The van der Waals surface area contributed by atoms with Gasteiger partial charge in [0, 0.05) is 6.04 Å². The molecule has 1 aromatic carbocycles. The third kappa shape index (κ3) is 4.49. The molecule has 1 aromatic rings. The average molecular weight is 296 g/mol. The predicted molar refractivity (Wildman–Crippen MR) is 83.5 cm³/mol. The van der Waals surface area contributed by atoms with Crippen molar-refractivity contribution in [3.8, 4) is 0 Å². The lowest BCUT2D eigenvalue weighted by molar-refractivity contribution is 0.176. The van der Waals surface area contributed by atoms with E-state index in [4.69, 9.17) is 0 Å². The number of hydrogen-bond acceptors (Lipinski definition) is 3. The summed E-state index contributed by atoms with van der Waals surface area (Å²) >= 11 is 0. The SMILES string of the molecule is CN1CCCC[C@@H]1CCc1ccccc1NS(C)(=O)=O. The summed E-state index contributed by atoms with van der Waals surface area (Å²) < 4.78 is 25.4. The number of piperidine rings is 1. The third-order valence-corrected chi connectivity index (χ3v) is 4.57. The number of aryl methyl sites for hydroxylation is 1. The van der Waals surface area contributed by atoms with Crippen LogP contribution in [0.2, 0.25) is 0 Å². The number of hydrogen-bond donors (Lipinski definition) is 1. The molecule has 0 aromatic heterocycles. The van der Waals surface area contributed by atoms with Crippen molar-refractivity contribution in [2.75, 3.05) is 24.6 Å². The Bertz CT molecular complexity index is 543. The van der Waals surface area contributed by atoms with Crippen molar-refractivity contribution < 1.29 is 8.42 Å². The topological polar surface area (TPSA) is 49.4 Å². The van der Waals surface area contributed by atoms with Gasteiger partial charge >= 0.3 is 0 Å². The van der Waals surface area contributed by atoms with Gasteiger partial charge in [0.25, 0.3) is 0 Å². The van der Waals surface area contributed by atoms with E-state index in [-0.39, 0.29) is 0 Å². The molecule has 1 atom stereocenters. The normalized spacial score (nSPS) is 20.8. The summed E-state index contributed by atoms with van der Waals surface area (Å²) in [5.74, 6) is 0. The fourth-order valence-electron chi connectivity index (χ4n) is 2.87. The maximum atomic E-state index is 11.4. The summed E-state index contributed by atoms with van der Waals surface area (Å²) in [7, 11) is -1.03. The summed E-state index contributed by atoms with van der Waals surface area (Å²) in [4.78, 5) is 2.43. The van der Waals surface area contributed by atoms with Crippen LogP contribution in [0.4, 0.5) is 5.69 Å². The molecule has 0 amide bonds. The Morgan fingerprint density at radius 2 is 2.05 bits per heavy atom. The first-order chi connectivity index (χ1) is 9.46. The van der Waals surface area contributed by atoms with Crippen LogP contribution in [0.5, 0.6) is 0 Å². The first-order valence-corrected chi connectivity index (χ1v) is 9.11. The number of nitrogens with zero attached hydrogens (tertiary/aromatic N) is 1. The molecular formula is C15H24N2O2S. The maximum Gasteiger partial charge on any atom is 0.229 e. The van der Waals surface area contributed by atoms with E-state index in [0.717, 1.165) is 18.4 Å². The summed E-state index contributed by atoms with van der Waals surface area (Å²) in [6.45, 7) is 1.17. The second-order valence-electron chi connectivity index (χ2n) is 5.70. The molecule has 1 N–H and O–H groups in total. The minimum Gasteiger partial charge on any atom is -0.303 e. The molecule has 1 aliphatic rings. The van der Waals surface area contributed by atoms with Gasteiger partial charge in [-0.3, -0.25) is 4.72 Å². The molecule has 1 fully saturated rings. The minimum absolute atomic E-state index is 0.620. The van der Waals surface area contributed by atoms with Gasteiger partial charge in [0.15, 0.2) is 0 Å². The van der Waals surface area contributed by atoms with Crippen LogP contribution in [0.1, 0.15) is 31.2 Å². The molecule has 5 heteroatoms. The molecule has 4 nitrogen and oxygen atoms in total. The summed E-state index contributed by atoms with van der Waals surface area (Å²) in [5, 5.41) is 0. The highest BCUT2D eigenvalue weighted by atomic mass is 32.2. The van der Waals surface area contributed by atoms with Crippen LogP contribution in [0.3, 0.4) is 0 Å². The van der Waals surface area contributed by atoms with E-state index in [1.165, 1.54) is 32.1 Å². The van der Waals surface area contributed by atoms with Crippen LogP contribution in [0, 0.1) is 0 Å². The first kappa shape index (κ1) is 15.3. The Morgan fingerprint density at radius 1 is 1.30 bits per heavy atom. The molecule has 112 valence electrons. The Kier molecular flexibility index (Phi) is 5.05. The lowest BCUT2D eigenvalue weighted by Gasteiger charge is -2.32. The Balaban J connectivity index is 2.02. The second-order valence-corrected chi connectivity index (χ2v) is 7.45. The Morgan fingerprint density at radius 3 is 2.75 bits per heavy atom. The van der Waals surface area contributed by atoms with E-state index in [9.17, 15) is 8.42 Å². The van der Waals surface area contributed by atoms with Crippen molar-refractivity contribution >= 4 is 15.7 Å². The molecule has 1 saturated heterocycles. The van der Waals surface area contributed by atoms with E-state index < -0.39 is 10.0 Å². The number of sulfonamides is 1. The zero-order chi connectivity index (χ0) is 14.6. The largest absolute Gasteiger partial charge is 0.303 e. The zero-order valence-corrected chi connectivity index (χ0v) is 13.1. The monoisotopic (exact) mass is 296 g/mol. The van der Waals surface area contributed by atoms with E-state index in [0.29, 0.717) is 11.7 Å². The number of likely N-dealkylation sites (tertiary alicyclic amines) is 1. The van der Waals surface area contributed by atoms with Gasteiger partial charge in [-0.25, -0.2) is 8.42 Å². The maximum absolute atomic E-state index is 11.4. The second kappa shape index (κ2) is 6.59. The molecule has 20 heavy (non-hydrogen) atoms. The van der Waals surface area contributed by atoms with E-state index in [1.54, 1.807) is 0 Å². The molecule has 0 unspecified atom stereocenters. The van der Waals surface area contributed by atoms with Crippen molar-refractivity contribution in [1.82, 2.24) is 4.90 Å². The van der Waals surface area contributed by atoms with Gasteiger partial charge in [-0.05, 0) is 50.9 Å². The average Bonchev–Trinajstić information content (AvgIpc) is 2.37. The highest BCUT2D eigenvalue weighted by Gasteiger charge is 2.19. The van der Waals surface area contributed by atoms with Gasteiger partial charge < -0.3 is 4.90 Å². The summed E-state index contributed by atoms with van der Waals surface area (Å²) in [6, 6.07) is 8.30. The quantitative estimate of drug-likeness (QED) is 0.908. The van der Waals surface area contributed by atoms with Crippen molar-refractivity contribution in [2.45, 2.75) is 38.1 Å². The minimum atomic E-state index is -3.21. The summed E-state index contributed by atoms with van der Waals surface area (Å²) in [5.41, 5.74) is 1.80. The molecule has 0 radical (unpaired) electrons. The molecule has 1 heterocycles. The predicted octanol–water partition coefficient (Wildman–Crippen LogP) is 2.48. The van der Waals surface area contributed by atoms with E-state index in [2.05, 4.69) is 16.7 Å². The van der Waals surface area contributed by atoms with Gasteiger partial charge in [-0.1, -0.05) is 24.6 Å². The fourth-order valence-corrected chi connectivity index (χ4v) is 3.47. The Labute approximate surface area is 122 Å². The first-order valence-electron chi connectivity index (χ1n) is 7.21. The van der Waals surface area contributed by atoms with Crippen molar-refractivity contribution in [3.63, 3.8) is 0 Å². The fraction of sp³-hybridized carbons (Fsp3) is 0.600. The van der Waals surface area contributed by atoms with Gasteiger partial charge in [0.1, 0.15) is 0 Å². The van der Waals surface area contributed by atoms with Gasteiger partial charge in [-0.2, -0.15) is 0 Å². The van der Waals surface area contributed by atoms with Crippen LogP contribution in [-0.4, -0.2) is 39.2 Å². The molecule has 0 aliphatic carbocycles. The smallest absolute Gasteiger partial charge is 0.229 e. The van der Waals surface area contributed by atoms with Crippen LogP contribution in [0.15, 0.2) is 24.3 Å². The highest BCUT2D eigenvalue weighted by molar-refractivity contribution is 7.92. The number of rotatable bonds is 5. The lowest BCUT2D eigenvalue weighted by Crippen LogP contribution is -2.36. The zero-order valence-electron chi connectivity index (χ0n) is 12.3. The standard InChI is InChI=1S/C15H24N2O2S/c1-17-12-6-5-8-14(17)11-10-13-7-3-4-9-15(13)16-20(2,18)19/h3-4,7,9,14,16H,5-6,8,10-12H2,1-2H3/t14-/m1/s1. The van der Waals surface area contributed by atoms with Gasteiger partial charge in [0.2, 0.25) is 10.0 Å². The third-order valence-electron chi connectivity index (χ3n) is 3.98. The van der Waals surface area contributed by atoms with Crippen LogP contribution in [0.25, 0.3) is 0 Å². The van der Waals surface area contributed by atoms with Crippen LogP contribution < -0.4 is 4.72 Å². The lowest BCUT2D eigenvalue weighted by atomic mass is 9.96. The molecule has 0 bridgehead atoms. The van der Waals surface area contributed by atoms with E-state index in [1.807, 2.05) is 24.3 Å². The molecule has 0 spiro atoms. The van der Waals surface area contributed by atoms with Crippen LogP contribution >= 0.6 is 0 Å². The van der Waals surface area contributed by atoms with Crippen molar-refractivity contribution in [1.29, 1.82) is 0 Å². The number of anilines is 1. The number of para-hydroxylation sites is 1. The molecule has 1 aliphatic heterocycles. The van der Waals surface area contributed by atoms with Crippen molar-refractivity contribution in [2.24, 2.45) is 0 Å². The van der Waals surface area contributed by atoms with Gasteiger partial charge in [0.05, 0.1) is 11.9 Å². The highest BCUT2D eigenvalue weighted by Crippen LogP contribution is 2.23. The van der Waals surface area contributed by atoms with Crippen LogP contribution in [-0.2, 0) is 16.4 Å². The number of benzene rings is 1. The summed E-state index contributed by atoms with van der Waals surface area (Å²) in [6.07, 6.45) is 7.03. The molecule has 0 saturated carbocycles. The van der Waals surface area contributed by atoms with Crippen molar-refractivity contribution in [3.05, 3.63) is 29.8 Å². The van der Waals surface area contributed by atoms with E-state index >= 15 is 0 Å².